The highest BCUT2D eigenvalue weighted by Gasteiger charge is 2.18. The molecule has 0 unspecified atom stereocenters. The summed E-state index contributed by atoms with van der Waals surface area (Å²) >= 11 is 9.47. The molecular formula is C15H16BrClN2O2. The van der Waals surface area contributed by atoms with Gasteiger partial charge in [0.05, 0.1) is 5.56 Å². The Bertz CT molecular complexity index is 763. The number of hydrogen-bond donors (Lipinski definition) is 1. The predicted octanol–water partition coefficient (Wildman–Crippen LogP) is 3.98. The van der Waals surface area contributed by atoms with E-state index in [0.29, 0.717) is 24.0 Å². The second kappa shape index (κ2) is 6.62. The molecule has 0 aliphatic heterocycles. The van der Waals surface area contributed by atoms with Gasteiger partial charge < -0.3 is 0 Å². The van der Waals surface area contributed by atoms with E-state index >= 15 is 0 Å². The Kier molecular flexibility index (Phi) is 5.06. The van der Waals surface area contributed by atoms with Crippen molar-refractivity contribution in [2.75, 3.05) is 0 Å². The van der Waals surface area contributed by atoms with Crippen molar-refractivity contribution in [3.8, 4) is 11.1 Å². The van der Waals surface area contributed by atoms with Gasteiger partial charge in [0, 0.05) is 10.5 Å². The average Bonchev–Trinajstić information content (AvgIpc) is 2.43. The highest BCUT2D eigenvalue weighted by molar-refractivity contribution is 9.10. The summed E-state index contributed by atoms with van der Waals surface area (Å²) in [6.45, 7) is 3.90. The second-order valence-corrected chi connectivity index (χ2v) is 6.07. The number of nitrogens with one attached hydrogen (secondary N) is 1. The Balaban J connectivity index is 2.76. The zero-order valence-electron chi connectivity index (χ0n) is 11.8. The molecule has 0 radical (unpaired) electrons. The van der Waals surface area contributed by atoms with Crippen LogP contribution >= 0.6 is 27.5 Å². The second-order valence-electron chi connectivity index (χ2n) is 4.77. The summed E-state index contributed by atoms with van der Waals surface area (Å²) in [4.78, 5) is 27.4. The third-order valence-corrected chi connectivity index (χ3v) is 4.29. The van der Waals surface area contributed by atoms with Gasteiger partial charge in [0.2, 0.25) is 0 Å². The number of aromatic amines is 1. The standard InChI is InChI=1S/C15H16BrClN2O2/c1-3-11(4-2)19-14(20)12(13(17)18-15(19)21)9-6-5-7-10(16)8-9/h5-8,11H,3-4H2,1-2H3,(H,18,21). The lowest BCUT2D eigenvalue weighted by atomic mass is 10.1. The van der Waals surface area contributed by atoms with Crippen LogP contribution in [0, 0.1) is 0 Å². The summed E-state index contributed by atoms with van der Waals surface area (Å²) in [6, 6.07) is 7.15. The Morgan fingerprint density at radius 1 is 1.29 bits per heavy atom. The van der Waals surface area contributed by atoms with E-state index in [1.807, 2.05) is 26.0 Å². The summed E-state index contributed by atoms with van der Waals surface area (Å²) in [5, 5.41) is 0.0744. The Labute approximate surface area is 135 Å². The van der Waals surface area contributed by atoms with Crippen molar-refractivity contribution in [2.24, 2.45) is 0 Å². The predicted molar refractivity (Wildman–Crippen MR) is 89.1 cm³/mol. The van der Waals surface area contributed by atoms with Gasteiger partial charge in [-0.3, -0.25) is 14.3 Å². The van der Waals surface area contributed by atoms with E-state index in [-0.39, 0.29) is 16.8 Å². The molecule has 2 aromatic rings. The van der Waals surface area contributed by atoms with Gasteiger partial charge in [-0.05, 0) is 30.5 Å². The van der Waals surface area contributed by atoms with E-state index in [1.54, 1.807) is 12.1 Å². The van der Waals surface area contributed by atoms with Gasteiger partial charge in [-0.15, -0.1) is 0 Å². The average molecular weight is 372 g/mol. The highest BCUT2D eigenvalue weighted by atomic mass is 79.9. The van der Waals surface area contributed by atoms with Gasteiger partial charge >= 0.3 is 5.69 Å². The highest BCUT2D eigenvalue weighted by Crippen LogP contribution is 2.25. The van der Waals surface area contributed by atoms with Crippen LogP contribution < -0.4 is 11.2 Å². The molecule has 2 rings (SSSR count). The molecule has 0 aliphatic rings. The topological polar surface area (TPSA) is 54.9 Å². The maximum absolute atomic E-state index is 12.7. The van der Waals surface area contributed by atoms with Gasteiger partial charge in [-0.25, -0.2) is 4.79 Å². The SMILES string of the molecule is CCC(CC)n1c(=O)[nH]c(Cl)c(-c2cccc(Br)c2)c1=O. The van der Waals surface area contributed by atoms with Gasteiger partial charge in [0.1, 0.15) is 5.15 Å². The molecule has 112 valence electrons. The lowest BCUT2D eigenvalue weighted by Crippen LogP contribution is -2.38. The normalized spacial score (nSPS) is 11.1. The van der Waals surface area contributed by atoms with Crippen LogP contribution in [0.3, 0.4) is 0 Å². The number of nitrogens with zero attached hydrogens (tertiary/aromatic N) is 1. The molecule has 1 aromatic carbocycles. The molecular weight excluding hydrogens is 356 g/mol. The van der Waals surface area contributed by atoms with Crippen LogP contribution in [0.4, 0.5) is 0 Å². The van der Waals surface area contributed by atoms with E-state index < -0.39 is 5.69 Å². The number of aromatic nitrogens is 2. The molecule has 0 fully saturated rings. The van der Waals surface area contributed by atoms with E-state index in [4.69, 9.17) is 11.6 Å². The molecule has 0 atom stereocenters. The van der Waals surface area contributed by atoms with Crippen LogP contribution in [-0.2, 0) is 0 Å². The van der Waals surface area contributed by atoms with E-state index in [0.717, 1.165) is 4.47 Å². The number of rotatable bonds is 4. The number of H-pyrrole nitrogens is 1. The lowest BCUT2D eigenvalue weighted by molar-refractivity contribution is 0.440. The molecule has 0 aliphatic carbocycles. The first-order valence-corrected chi connectivity index (χ1v) is 7.96. The molecule has 0 saturated carbocycles. The Morgan fingerprint density at radius 3 is 2.52 bits per heavy atom. The van der Waals surface area contributed by atoms with Crippen molar-refractivity contribution < 1.29 is 0 Å². The maximum atomic E-state index is 12.7. The molecule has 1 aromatic heterocycles. The van der Waals surface area contributed by atoms with Crippen LogP contribution in [0.2, 0.25) is 5.15 Å². The first-order chi connectivity index (χ1) is 9.99. The summed E-state index contributed by atoms with van der Waals surface area (Å²) in [5.74, 6) is 0. The number of halogens is 2. The first-order valence-electron chi connectivity index (χ1n) is 6.79. The fraction of sp³-hybridized carbons (Fsp3) is 0.333. The number of hydrogen-bond acceptors (Lipinski definition) is 2. The van der Waals surface area contributed by atoms with Crippen LogP contribution in [0.5, 0.6) is 0 Å². The zero-order valence-corrected chi connectivity index (χ0v) is 14.2. The molecule has 21 heavy (non-hydrogen) atoms. The van der Waals surface area contributed by atoms with Crippen molar-refractivity contribution in [3.05, 3.63) is 54.7 Å². The van der Waals surface area contributed by atoms with Gasteiger partial charge in [-0.2, -0.15) is 0 Å². The molecule has 4 nitrogen and oxygen atoms in total. The minimum Gasteiger partial charge on any atom is -0.297 e. The molecule has 6 heteroatoms. The first kappa shape index (κ1) is 16.0. The Morgan fingerprint density at radius 2 is 1.95 bits per heavy atom. The summed E-state index contributed by atoms with van der Waals surface area (Å²) < 4.78 is 2.11. The van der Waals surface area contributed by atoms with E-state index in [1.165, 1.54) is 4.57 Å². The van der Waals surface area contributed by atoms with Crippen molar-refractivity contribution in [1.82, 2.24) is 9.55 Å². The minimum absolute atomic E-state index is 0.0744. The Hall–Kier alpha value is -1.33. The van der Waals surface area contributed by atoms with Gasteiger partial charge in [-0.1, -0.05) is 53.5 Å². The van der Waals surface area contributed by atoms with E-state index in [9.17, 15) is 9.59 Å². The fourth-order valence-electron chi connectivity index (χ4n) is 2.40. The van der Waals surface area contributed by atoms with Crippen molar-refractivity contribution in [2.45, 2.75) is 32.7 Å². The monoisotopic (exact) mass is 370 g/mol. The van der Waals surface area contributed by atoms with Crippen LogP contribution in [0.15, 0.2) is 38.3 Å². The number of benzene rings is 1. The van der Waals surface area contributed by atoms with Crippen molar-refractivity contribution >= 4 is 27.5 Å². The summed E-state index contributed by atoms with van der Waals surface area (Å²) in [5.41, 5.74) is 0.188. The smallest absolute Gasteiger partial charge is 0.297 e. The molecule has 0 amide bonds. The fourth-order valence-corrected chi connectivity index (χ4v) is 3.07. The molecule has 1 N–H and O–H groups in total. The molecule has 1 heterocycles. The largest absolute Gasteiger partial charge is 0.329 e. The third-order valence-electron chi connectivity index (χ3n) is 3.51. The minimum atomic E-state index is -0.461. The van der Waals surface area contributed by atoms with Gasteiger partial charge in [0.25, 0.3) is 5.56 Å². The zero-order chi connectivity index (χ0) is 15.6. The maximum Gasteiger partial charge on any atom is 0.329 e. The molecule has 0 spiro atoms. The summed E-state index contributed by atoms with van der Waals surface area (Å²) in [6.07, 6.45) is 1.41. The van der Waals surface area contributed by atoms with Crippen LogP contribution in [0.1, 0.15) is 32.7 Å². The quantitative estimate of drug-likeness (QED) is 0.827. The van der Waals surface area contributed by atoms with Gasteiger partial charge in [0.15, 0.2) is 0 Å². The lowest BCUT2D eigenvalue weighted by Gasteiger charge is -2.16. The van der Waals surface area contributed by atoms with Crippen LogP contribution in [0.25, 0.3) is 11.1 Å². The summed E-state index contributed by atoms with van der Waals surface area (Å²) in [7, 11) is 0. The van der Waals surface area contributed by atoms with Crippen molar-refractivity contribution in [3.63, 3.8) is 0 Å². The third kappa shape index (κ3) is 3.14. The molecule has 0 saturated heterocycles. The van der Waals surface area contributed by atoms with Crippen LogP contribution in [-0.4, -0.2) is 9.55 Å². The van der Waals surface area contributed by atoms with E-state index in [2.05, 4.69) is 20.9 Å². The molecule has 0 bridgehead atoms. The van der Waals surface area contributed by atoms with Crippen molar-refractivity contribution in [1.29, 1.82) is 0 Å².